The molecule has 1 heterocycles. The summed E-state index contributed by atoms with van der Waals surface area (Å²) in [5.74, 6) is -1.41. The lowest BCUT2D eigenvalue weighted by Crippen LogP contribution is -2.41. The number of rotatable bonds is 7. The average molecular weight is 544 g/mol. The first-order chi connectivity index (χ1) is 14.8. The van der Waals surface area contributed by atoms with Gasteiger partial charge in [0.15, 0.2) is 0 Å². The lowest BCUT2D eigenvalue weighted by molar-refractivity contribution is -0.360. The SMILES string of the molecule is O=S(=O)(Nc1cccc(OC(F)(F)C(F)(F)F)c1)c1cnn(Cc2ccc(Br)c(F)c2)c1. The number of anilines is 1. The highest BCUT2D eigenvalue weighted by Crippen LogP contribution is 2.37. The van der Waals surface area contributed by atoms with Crippen LogP contribution in [0.15, 0.2) is 64.2 Å². The zero-order valence-corrected chi connectivity index (χ0v) is 18.0. The lowest BCUT2D eigenvalue weighted by Gasteiger charge is -2.20. The molecule has 0 fully saturated rings. The van der Waals surface area contributed by atoms with Crippen LogP contribution in [-0.4, -0.2) is 30.5 Å². The molecule has 1 aromatic heterocycles. The molecule has 0 spiro atoms. The van der Waals surface area contributed by atoms with Crippen molar-refractivity contribution < 1.29 is 39.5 Å². The third kappa shape index (κ3) is 5.54. The first kappa shape index (κ1) is 23.9. The first-order valence-electron chi connectivity index (χ1n) is 8.50. The molecule has 32 heavy (non-hydrogen) atoms. The summed E-state index contributed by atoms with van der Waals surface area (Å²) in [7, 11) is -4.27. The fourth-order valence-corrected chi connectivity index (χ4v) is 3.69. The van der Waals surface area contributed by atoms with E-state index in [1.54, 1.807) is 6.07 Å². The Morgan fingerprint density at radius 2 is 1.81 bits per heavy atom. The number of sulfonamides is 1. The van der Waals surface area contributed by atoms with Gasteiger partial charge < -0.3 is 4.74 Å². The van der Waals surface area contributed by atoms with Crippen molar-refractivity contribution in [3.8, 4) is 5.75 Å². The van der Waals surface area contributed by atoms with Crippen LogP contribution in [-0.2, 0) is 16.6 Å². The third-order valence-electron chi connectivity index (χ3n) is 3.91. The number of ether oxygens (including phenoxy) is 1. The van der Waals surface area contributed by atoms with Crippen LogP contribution in [0.2, 0.25) is 0 Å². The van der Waals surface area contributed by atoms with E-state index in [9.17, 15) is 34.8 Å². The molecule has 3 rings (SSSR count). The van der Waals surface area contributed by atoms with Crippen LogP contribution >= 0.6 is 15.9 Å². The normalized spacial score (nSPS) is 12.6. The Bertz CT molecular complexity index is 1230. The number of alkyl halides is 5. The summed E-state index contributed by atoms with van der Waals surface area (Å²) in [6.45, 7) is 0.0512. The van der Waals surface area contributed by atoms with Gasteiger partial charge in [0.05, 0.1) is 22.9 Å². The van der Waals surface area contributed by atoms with E-state index in [-0.39, 0.29) is 21.6 Å². The van der Waals surface area contributed by atoms with E-state index < -0.39 is 33.9 Å². The van der Waals surface area contributed by atoms with Gasteiger partial charge in [0.1, 0.15) is 16.5 Å². The molecule has 0 saturated carbocycles. The number of nitrogens with zero attached hydrogens (tertiary/aromatic N) is 2. The Labute approximate surface area is 186 Å². The molecule has 2 aromatic carbocycles. The van der Waals surface area contributed by atoms with E-state index in [1.807, 2.05) is 4.72 Å². The van der Waals surface area contributed by atoms with Crippen LogP contribution in [0.4, 0.5) is 32.0 Å². The second kappa shape index (κ2) is 8.65. The third-order valence-corrected chi connectivity index (χ3v) is 5.89. The second-order valence-electron chi connectivity index (χ2n) is 6.37. The topological polar surface area (TPSA) is 73.2 Å². The molecular weight excluding hydrogens is 532 g/mol. The number of aromatic nitrogens is 2. The monoisotopic (exact) mass is 543 g/mol. The van der Waals surface area contributed by atoms with Crippen LogP contribution < -0.4 is 9.46 Å². The summed E-state index contributed by atoms with van der Waals surface area (Å²) in [4.78, 5) is -0.318. The van der Waals surface area contributed by atoms with Gasteiger partial charge in [0.25, 0.3) is 10.0 Å². The van der Waals surface area contributed by atoms with Crippen molar-refractivity contribution in [2.24, 2.45) is 0 Å². The summed E-state index contributed by atoms with van der Waals surface area (Å²) >= 11 is 3.02. The Morgan fingerprint density at radius 1 is 1.09 bits per heavy atom. The highest BCUT2D eigenvalue weighted by atomic mass is 79.9. The van der Waals surface area contributed by atoms with Gasteiger partial charge in [-0.15, -0.1) is 0 Å². The zero-order valence-electron chi connectivity index (χ0n) is 15.6. The van der Waals surface area contributed by atoms with E-state index in [0.717, 1.165) is 30.6 Å². The van der Waals surface area contributed by atoms with Gasteiger partial charge in [0.2, 0.25) is 0 Å². The number of halogens is 7. The standard InChI is InChI=1S/C18H12BrF6N3O3S/c19-15-5-4-11(6-16(15)20)9-28-10-14(8-26-28)32(29,30)27-12-2-1-3-13(7-12)31-18(24,25)17(21,22)23/h1-8,10,27H,9H2. The molecule has 0 atom stereocenters. The van der Waals surface area contributed by atoms with E-state index in [2.05, 4.69) is 25.8 Å². The summed E-state index contributed by atoms with van der Waals surface area (Å²) in [5.41, 5.74) is 0.185. The molecule has 14 heteroatoms. The van der Waals surface area contributed by atoms with Crippen molar-refractivity contribution in [2.75, 3.05) is 4.72 Å². The minimum atomic E-state index is -5.95. The van der Waals surface area contributed by atoms with Crippen molar-refractivity contribution >= 4 is 31.6 Å². The number of benzene rings is 2. The molecule has 6 nitrogen and oxygen atoms in total. The molecule has 0 aliphatic heterocycles. The molecule has 172 valence electrons. The summed E-state index contributed by atoms with van der Waals surface area (Å²) in [5, 5.41) is 3.88. The van der Waals surface area contributed by atoms with Crippen LogP contribution in [0.3, 0.4) is 0 Å². The van der Waals surface area contributed by atoms with Gasteiger partial charge in [-0.05, 0) is 45.8 Å². The maximum atomic E-state index is 13.6. The summed E-state index contributed by atoms with van der Waals surface area (Å²) in [6.07, 6.45) is -9.27. The predicted octanol–water partition coefficient (Wildman–Crippen LogP) is 5.17. The maximum Gasteiger partial charge on any atom is 0.499 e. The Hall–Kier alpha value is -2.74. The minimum absolute atomic E-state index is 0.0512. The largest absolute Gasteiger partial charge is 0.499 e. The molecule has 0 bridgehead atoms. The zero-order chi connectivity index (χ0) is 23.7. The van der Waals surface area contributed by atoms with Crippen molar-refractivity contribution in [1.82, 2.24) is 9.78 Å². The fourth-order valence-electron chi connectivity index (χ4n) is 2.44. The summed E-state index contributed by atoms with van der Waals surface area (Å²) < 4.78 is 109. The molecule has 0 saturated heterocycles. The first-order valence-corrected chi connectivity index (χ1v) is 10.8. The lowest BCUT2D eigenvalue weighted by atomic mass is 10.2. The number of nitrogens with one attached hydrogen (secondary N) is 1. The molecule has 1 N–H and O–H groups in total. The van der Waals surface area contributed by atoms with Crippen molar-refractivity contribution in [3.05, 3.63) is 70.7 Å². The summed E-state index contributed by atoms with van der Waals surface area (Å²) in [6, 6.07) is 7.96. The molecule has 3 aromatic rings. The van der Waals surface area contributed by atoms with Gasteiger partial charge in [-0.25, -0.2) is 12.8 Å². The molecule has 0 amide bonds. The second-order valence-corrected chi connectivity index (χ2v) is 8.91. The van der Waals surface area contributed by atoms with Crippen LogP contribution in [0.1, 0.15) is 5.56 Å². The quantitative estimate of drug-likeness (QED) is 0.417. The van der Waals surface area contributed by atoms with E-state index >= 15 is 0 Å². The number of hydrogen-bond donors (Lipinski definition) is 1. The highest BCUT2D eigenvalue weighted by molar-refractivity contribution is 9.10. The van der Waals surface area contributed by atoms with E-state index in [0.29, 0.717) is 11.6 Å². The van der Waals surface area contributed by atoms with Gasteiger partial charge >= 0.3 is 12.3 Å². The Morgan fingerprint density at radius 3 is 2.47 bits per heavy atom. The smallest absolute Gasteiger partial charge is 0.426 e. The molecule has 0 aliphatic carbocycles. The fraction of sp³-hybridized carbons (Fsp3) is 0.167. The molecule has 0 unspecified atom stereocenters. The van der Waals surface area contributed by atoms with Crippen LogP contribution in [0.25, 0.3) is 0 Å². The Balaban J connectivity index is 1.75. The van der Waals surface area contributed by atoms with Gasteiger partial charge in [-0.3, -0.25) is 9.40 Å². The Kier molecular flexibility index (Phi) is 6.47. The van der Waals surface area contributed by atoms with E-state index in [1.165, 1.54) is 16.8 Å². The van der Waals surface area contributed by atoms with E-state index in [4.69, 9.17) is 0 Å². The number of hydrogen-bond acceptors (Lipinski definition) is 4. The van der Waals surface area contributed by atoms with Gasteiger partial charge in [0, 0.05) is 12.3 Å². The average Bonchev–Trinajstić information content (AvgIpc) is 3.13. The van der Waals surface area contributed by atoms with Gasteiger partial charge in [-0.2, -0.15) is 27.1 Å². The molecular formula is C18H12BrF6N3O3S. The minimum Gasteiger partial charge on any atom is -0.426 e. The van der Waals surface area contributed by atoms with Crippen molar-refractivity contribution in [2.45, 2.75) is 23.7 Å². The van der Waals surface area contributed by atoms with Crippen LogP contribution in [0.5, 0.6) is 5.75 Å². The molecule has 0 radical (unpaired) electrons. The van der Waals surface area contributed by atoms with Crippen molar-refractivity contribution in [3.63, 3.8) is 0 Å². The van der Waals surface area contributed by atoms with Gasteiger partial charge in [-0.1, -0.05) is 12.1 Å². The van der Waals surface area contributed by atoms with Crippen LogP contribution in [0, 0.1) is 5.82 Å². The predicted molar refractivity (Wildman–Crippen MR) is 104 cm³/mol. The van der Waals surface area contributed by atoms with Crippen molar-refractivity contribution in [1.29, 1.82) is 0 Å². The highest BCUT2D eigenvalue weighted by Gasteiger charge is 2.61. The molecule has 0 aliphatic rings. The maximum absolute atomic E-state index is 13.6.